The number of rotatable bonds is 5. The molecule has 7 aliphatic rings. The molecule has 0 radical (unpaired) electrons. The second-order valence-corrected chi connectivity index (χ2v) is 12.6. The van der Waals surface area contributed by atoms with Crippen molar-refractivity contribution in [1.29, 1.82) is 0 Å². The molecule has 2 heterocycles. The predicted octanol–water partition coefficient (Wildman–Crippen LogP) is 3.61. The minimum Gasteiger partial charge on any atom is -0.482 e. The van der Waals surface area contributed by atoms with Crippen LogP contribution in [-0.4, -0.2) is 59.5 Å². The van der Waals surface area contributed by atoms with Crippen molar-refractivity contribution in [3.8, 4) is 11.5 Å². The highest BCUT2D eigenvalue weighted by Gasteiger charge is 2.81. The van der Waals surface area contributed by atoms with Gasteiger partial charge in [0.1, 0.15) is 11.7 Å². The van der Waals surface area contributed by atoms with Gasteiger partial charge < -0.3 is 19.3 Å². The molecule has 8 rings (SSSR count). The highest BCUT2D eigenvalue weighted by atomic mass is 16.6. The van der Waals surface area contributed by atoms with Gasteiger partial charge in [-0.05, 0) is 82.9 Å². The fraction of sp³-hybridized carbons (Fsp3) is 0.750. The van der Waals surface area contributed by atoms with E-state index in [-0.39, 0.29) is 28.8 Å². The van der Waals surface area contributed by atoms with E-state index in [1.807, 2.05) is 19.9 Å². The Labute approximate surface area is 201 Å². The topological polar surface area (TPSA) is 68.2 Å². The van der Waals surface area contributed by atoms with Crippen LogP contribution in [0.3, 0.4) is 0 Å². The molecule has 184 valence electrons. The van der Waals surface area contributed by atoms with E-state index in [9.17, 15) is 9.90 Å². The van der Waals surface area contributed by atoms with Gasteiger partial charge in [-0.25, -0.2) is 0 Å². The van der Waals surface area contributed by atoms with Crippen molar-refractivity contribution >= 4 is 5.97 Å². The molecule has 4 saturated carbocycles. The van der Waals surface area contributed by atoms with Crippen molar-refractivity contribution in [2.75, 3.05) is 20.2 Å². The van der Waals surface area contributed by atoms with E-state index in [4.69, 9.17) is 14.2 Å². The van der Waals surface area contributed by atoms with E-state index in [1.165, 1.54) is 37.4 Å². The minimum absolute atomic E-state index is 0.0201. The minimum atomic E-state index is -0.877. The van der Waals surface area contributed by atoms with Gasteiger partial charge in [0.2, 0.25) is 0 Å². The highest BCUT2D eigenvalue weighted by molar-refractivity contribution is 5.73. The zero-order valence-corrected chi connectivity index (χ0v) is 20.9. The summed E-state index contributed by atoms with van der Waals surface area (Å²) in [6, 6.07) is 4.56. The molecule has 1 saturated heterocycles. The smallest absolute Gasteiger partial charge is 0.308 e. The molecule has 5 fully saturated rings. The molecular formula is C28H37NO5. The van der Waals surface area contributed by atoms with Gasteiger partial charge in [-0.15, -0.1) is 0 Å². The Morgan fingerprint density at radius 1 is 1.26 bits per heavy atom. The fourth-order valence-electron chi connectivity index (χ4n) is 9.46. The van der Waals surface area contributed by atoms with E-state index in [2.05, 4.69) is 11.0 Å². The third-order valence-electron chi connectivity index (χ3n) is 10.8. The largest absolute Gasteiger partial charge is 0.482 e. The predicted molar refractivity (Wildman–Crippen MR) is 126 cm³/mol. The number of methoxy groups -OCH3 is 1. The number of carbonyl (C=O) groups is 1. The quantitative estimate of drug-likeness (QED) is 0.527. The second-order valence-electron chi connectivity index (χ2n) is 12.6. The second kappa shape index (κ2) is 6.57. The first-order valence-electron chi connectivity index (χ1n) is 13.2. The summed E-state index contributed by atoms with van der Waals surface area (Å²) < 4.78 is 19.1. The van der Waals surface area contributed by atoms with Crippen molar-refractivity contribution in [2.45, 2.75) is 94.5 Å². The molecule has 2 spiro atoms. The summed E-state index contributed by atoms with van der Waals surface area (Å²) >= 11 is 0. The molecule has 2 aliphatic heterocycles. The Hall–Kier alpha value is -1.63. The van der Waals surface area contributed by atoms with Gasteiger partial charge in [-0.3, -0.25) is 9.69 Å². The maximum absolute atomic E-state index is 12.0. The SMILES string of the molecule is CO[C@]12CC[C@@]3(C[C@@H]1C(C)(C)O)[C@H]1Cc4ccc(OC(C)=O)c5c4[C@@]3(CCN1CC1CC1)[C@H]2O5. The van der Waals surface area contributed by atoms with Crippen LogP contribution in [-0.2, 0) is 21.4 Å². The number of aliphatic hydroxyl groups is 1. The molecule has 5 aliphatic carbocycles. The Morgan fingerprint density at radius 2 is 2.06 bits per heavy atom. The van der Waals surface area contributed by atoms with Crippen molar-refractivity contribution < 1.29 is 24.1 Å². The number of esters is 1. The fourth-order valence-corrected chi connectivity index (χ4v) is 9.46. The van der Waals surface area contributed by atoms with E-state index in [0.29, 0.717) is 11.8 Å². The van der Waals surface area contributed by atoms with E-state index >= 15 is 0 Å². The van der Waals surface area contributed by atoms with Crippen LogP contribution in [0.4, 0.5) is 0 Å². The van der Waals surface area contributed by atoms with Crippen LogP contribution < -0.4 is 9.47 Å². The summed E-state index contributed by atoms with van der Waals surface area (Å²) in [6.45, 7) is 7.61. The molecule has 34 heavy (non-hydrogen) atoms. The van der Waals surface area contributed by atoms with Crippen LogP contribution in [0.5, 0.6) is 11.5 Å². The average Bonchev–Trinajstić information content (AvgIpc) is 3.52. The number of likely N-dealkylation sites (tertiary alicyclic amines) is 1. The van der Waals surface area contributed by atoms with Crippen LogP contribution in [0, 0.1) is 17.3 Å². The summed E-state index contributed by atoms with van der Waals surface area (Å²) in [4.78, 5) is 14.8. The normalized spacial score (nSPS) is 41.7. The third-order valence-corrected chi connectivity index (χ3v) is 10.8. The average molecular weight is 468 g/mol. The van der Waals surface area contributed by atoms with E-state index < -0.39 is 11.2 Å². The zero-order valence-electron chi connectivity index (χ0n) is 20.9. The highest BCUT2D eigenvalue weighted by Crippen LogP contribution is 2.77. The molecule has 1 N–H and O–H groups in total. The molecule has 4 bridgehead atoms. The maximum Gasteiger partial charge on any atom is 0.308 e. The van der Waals surface area contributed by atoms with E-state index in [1.54, 1.807) is 7.11 Å². The van der Waals surface area contributed by atoms with Gasteiger partial charge in [0.05, 0.1) is 5.60 Å². The number of fused-ring (bicyclic) bond motifs is 2. The standard InChI is InChI=1S/C28H37NO5/c1-16(30)33-19-8-7-18-13-21-26-9-10-28(32-4,20(14-26)25(2,3)31)24-27(26,22(18)23(19)34-24)11-12-29(21)15-17-5-6-17/h7-8,17,20-21,24,31H,5-6,9-15H2,1-4H3/t20-,21-,24-,26-,27+,28-/m1/s1. The van der Waals surface area contributed by atoms with Gasteiger partial charge in [0.15, 0.2) is 11.5 Å². The number of benzene rings is 1. The summed E-state index contributed by atoms with van der Waals surface area (Å²) in [5, 5.41) is 11.5. The summed E-state index contributed by atoms with van der Waals surface area (Å²) in [6.07, 6.45) is 7.52. The van der Waals surface area contributed by atoms with Crippen molar-refractivity contribution in [2.24, 2.45) is 17.3 Å². The summed E-state index contributed by atoms with van der Waals surface area (Å²) in [5.74, 6) is 1.80. The third kappa shape index (κ3) is 2.40. The van der Waals surface area contributed by atoms with Gasteiger partial charge in [0.25, 0.3) is 0 Å². The lowest BCUT2D eigenvalue weighted by Crippen LogP contribution is -2.82. The number of hydrogen-bond donors (Lipinski definition) is 1. The lowest BCUT2D eigenvalue weighted by Gasteiger charge is -2.75. The zero-order chi connectivity index (χ0) is 23.7. The van der Waals surface area contributed by atoms with Gasteiger partial charge >= 0.3 is 5.97 Å². The molecule has 0 amide bonds. The van der Waals surface area contributed by atoms with Crippen LogP contribution in [0.15, 0.2) is 12.1 Å². The number of nitrogens with zero attached hydrogens (tertiary/aromatic N) is 1. The van der Waals surface area contributed by atoms with E-state index in [0.717, 1.165) is 50.3 Å². The first kappa shape index (κ1) is 21.6. The van der Waals surface area contributed by atoms with Crippen molar-refractivity contribution in [3.05, 3.63) is 23.3 Å². The molecular weight excluding hydrogens is 430 g/mol. The Balaban J connectivity index is 1.47. The lowest BCUT2D eigenvalue weighted by molar-refractivity contribution is -0.300. The number of carbonyl (C=O) groups excluding carboxylic acids is 1. The lowest BCUT2D eigenvalue weighted by atomic mass is 9.34. The Morgan fingerprint density at radius 3 is 2.74 bits per heavy atom. The molecule has 1 aromatic carbocycles. The van der Waals surface area contributed by atoms with Crippen LogP contribution in [0.1, 0.15) is 70.4 Å². The summed E-state index contributed by atoms with van der Waals surface area (Å²) in [5.41, 5.74) is 1.06. The van der Waals surface area contributed by atoms with Crippen LogP contribution in [0.25, 0.3) is 0 Å². The first-order valence-corrected chi connectivity index (χ1v) is 13.2. The van der Waals surface area contributed by atoms with Gasteiger partial charge in [0, 0.05) is 48.9 Å². The molecule has 0 aromatic heterocycles. The monoisotopic (exact) mass is 467 g/mol. The summed E-state index contributed by atoms with van der Waals surface area (Å²) in [7, 11) is 1.80. The molecule has 6 atom stereocenters. The van der Waals surface area contributed by atoms with Gasteiger partial charge in [-0.1, -0.05) is 6.07 Å². The molecule has 6 nitrogen and oxygen atoms in total. The number of hydrogen-bond acceptors (Lipinski definition) is 6. The van der Waals surface area contributed by atoms with Crippen molar-refractivity contribution in [3.63, 3.8) is 0 Å². The van der Waals surface area contributed by atoms with Gasteiger partial charge in [-0.2, -0.15) is 0 Å². The van der Waals surface area contributed by atoms with Crippen LogP contribution >= 0.6 is 0 Å². The molecule has 1 aromatic rings. The van der Waals surface area contributed by atoms with Crippen molar-refractivity contribution in [1.82, 2.24) is 4.90 Å². The molecule has 6 heteroatoms. The Bertz CT molecular complexity index is 1080. The maximum atomic E-state index is 12.0. The Kier molecular flexibility index (Phi) is 4.18. The number of ether oxygens (including phenoxy) is 3. The first-order chi connectivity index (χ1) is 16.2. The number of piperidine rings is 1. The van der Waals surface area contributed by atoms with Crippen LogP contribution in [0.2, 0.25) is 0 Å². The molecule has 0 unspecified atom stereocenters.